The normalized spacial score (nSPS) is 10.2. The maximum Gasteiger partial charge on any atom is 0.311 e. The van der Waals surface area contributed by atoms with Crippen LogP contribution in [0.3, 0.4) is 0 Å². The van der Waals surface area contributed by atoms with Gasteiger partial charge in [-0.15, -0.1) is 11.3 Å². The molecule has 0 saturated carbocycles. The van der Waals surface area contributed by atoms with Gasteiger partial charge >= 0.3 is 5.97 Å². The van der Waals surface area contributed by atoms with Crippen molar-refractivity contribution in [3.05, 3.63) is 11.1 Å². The molecule has 0 amide bonds. The van der Waals surface area contributed by atoms with Gasteiger partial charge < -0.3 is 9.64 Å². The first-order chi connectivity index (χ1) is 7.67. The standard InChI is InChI=1S/C11H18N2O2S/c1-4-6-13(3)11-12-9(8-16-11)7-10(14)15-5-2/h8H,4-7H2,1-3H3. The van der Waals surface area contributed by atoms with E-state index in [1.54, 1.807) is 18.3 Å². The number of aromatic nitrogens is 1. The number of anilines is 1. The summed E-state index contributed by atoms with van der Waals surface area (Å²) in [5, 5.41) is 2.87. The number of ether oxygens (including phenoxy) is 1. The van der Waals surface area contributed by atoms with Crippen molar-refractivity contribution in [2.45, 2.75) is 26.7 Å². The minimum absolute atomic E-state index is 0.211. The second-order valence-electron chi connectivity index (χ2n) is 3.52. The van der Waals surface area contributed by atoms with E-state index in [0.717, 1.165) is 23.8 Å². The summed E-state index contributed by atoms with van der Waals surface area (Å²) in [5.74, 6) is -0.211. The summed E-state index contributed by atoms with van der Waals surface area (Å²) in [7, 11) is 2.01. The summed E-state index contributed by atoms with van der Waals surface area (Å²) < 4.78 is 4.88. The summed E-state index contributed by atoms with van der Waals surface area (Å²) in [6.07, 6.45) is 1.35. The molecule has 4 nitrogen and oxygen atoms in total. The van der Waals surface area contributed by atoms with Gasteiger partial charge in [-0.05, 0) is 13.3 Å². The van der Waals surface area contributed by atoms with Crippen molar-refractivity contribution in [1.29, 1.82) is 0 Å². The van der Waals surface area contributed by atoms with Gasteiger partial charge in [0, 0.05) is 19.0 Å². The molecule has 1 rings (SSSR count). The first-order valence-corrected chi connectivity index (χ1v) is 6.36. The lowest BCUT2D eigenvalue weighted by Crippen LogP contribution is -2.17. The van der Waals surface area contributed by atoms with Crippen molar-refractivity contribution < 1.29 is 9.53 Å². The van der Waals surface area contributed by atoms with Crippen LogP contribution in [0.4, 0.5) is 5.13 Å². The fraction of sp³-hybridized carbons (Fsp3) is 0.636. The van der Waals surface area contributed by atoms with E-state index in [2.05, 4.69) is 16.8 Å². The molecule has 0 aliphatic rings. The molecule has 1 aromatic heterocycles. The van der Waals surface area contributed by atoms with E-state index in [1.165, 1.54) is 0 Å². The van der Waals surface area contributed by atoms with Gasteiger partial charge in [0.2, 0.25) is 0 Å². The van der Waals surface area contributed by atoms with Crippen molar-refractivity contribution in [2.24, 2.45) is 0 Å². The molecule has 5 heteroatoms. The van der Waals surface area contributed by atoms with Gasteiger partial charge in [0.1, 0.15) is 0 Å². The van der Waals surface area contributed by atoms with Crippen LogP contribution in [-0.2, 0) is 16.0 Å². The molecule has 16 heavy (non-hydrogen) atoms. The molecule has 0 aromatic carbocycles. The molecular weight excluding hydrogens is 224 g/mol. The molecule has 0 atom stereocenters. The molecule has 0 fully saturated rings. The van der Waals surface area contributed by atoms with Crippen molar-refractivity contribution in [3.8, 4) is 0 Å². The molecule has 0 N–H and O–H groups in total. The Morgan fingerprint density at radius 1 is 1.56 bits per heavy atom. The number of rotatable bonds is 6. The van der Waals surface area contributed by atoms with Crippen LogP contribution < -0.4 is 4.90 Å². The Hall–Kier alpha value is -1.10. The molecular formula is C11H18N2O2S. The van der Waals surface area contributed by atoms with Gasteiger partial charge in [-0.2, -0.15) is 0 Å². The van der Waals surface area contributed by atoms with Gasteiger partial charge in [0.15, 0.2) is 5.13 Å². The molecule has 0 saturated heterocycles. The Morgan fingerprint density at radius 2 is 2.31 bits per heavy atom. The molecule has 0 radical (unpaired) electrons. The Balaban J connectivity index is 2.54. The Bertz CT molecular complexity index is 338. The Kier molecular flexibility index (Phi) is 5.25. The SMILES string of the molecule is CCCN(C)c1nc(CC(=O)OCC)cs1. The maximum atomic E-state index is 11.2. The van der Waals surface area contributed by atoms with Gasteiger partial charge in [-0.1, -0.05) is 6.92 Å². The summed E-state index contributed by atoms with van der Waals surface area (Å²) in [5.41, 5.74) is 0.793. The molecule has 0 bridgehead atoms. The number of carbonyl (C=O) groups is 1. The van der Waals surface area contributed by atoms with E-state index in [-0.39, 0.29) is 12.4 Å². The average Bonchev–Trinajstić information content (AvgIpc) is 2.67. The quantitative estimate of drug-likeness (QED) is 0.716. The van der Waals surface area contributed by atoms with E-state index in [4.69, 9.17) is 4.74 Å². The zero-order valence-electron chi connectivity index (χ0n) is 10.0. The van der Waals surface area contributed by atoms with Crippen LogP contribution in [0.1, 0.15) is 26.0 Å². The predicted molar refractivity (Wildman–Crippen MR) is 66.0 cm³/mol. The number of esters is 1. The van der Waals surface area contributed by atoms with Gasteiger partial charge in [0.25, 0.3) is 0 Å². The Labute approximate surface area is 100 Å². The molecule has 0 aliphatic heterocycles. The van der Waals surface area contributed by atoms with Crippen LogP contribution in [0.2, 0.25) is 0 Å². The zero-order chi connectivity index (χ0) is 12.0. The fourth-order valence-electron chi connectivity index (χ4n) is 1.34. The minimum atomic E-state index is -0.211. The third-order valence-electron chi connectivity index (χ3n) is 2.06. The monoisotopic (exact) mass is 242 g/mol. The zero-order valence-corrected chi connectivity index (χ0v) is 10.8. The second-order valence-corrected chi connectivity index (χ2v) is 4.36. The number of hydrogen-bond acceptors (Lipinski definition) is 5. The number of hydrogen-bond donors (Lipinski definition) is 0. The average molecular weight is 242 g/mol. The van der Waals surface area contributed by atoms with Crippen molar-refractivity contribution in [2.75, 3.05) is 25.1 Å². The topological polar surface area (TPSA) is 42.4 Å². The van der Waals surface area contributed by atoms with Crippen molar-refractivity contribution in [3.63, 3.8) is 0 Å². The van der Waals surface area contributed by atoms with Crippen LogP contribution in [0.25, 0.3) is 0 Å². The minimum Gasteiger partial charge on any atom is -0.466 e. The summed E-state index contributed by atoms with van der Waals surface area (Å²) in [4.78, 5) is 17.7. The highest BCUT2D eigenvalue weighted by atomic mass is 32.1. The van der Waals surface area contributed by atoms with Crippen LogP contribution >= 0.6 is 11.3 Å². The van der Waals surface area contributed by atoms with Crippen LogP contribution in [0, 0.1) is 0 Å². The van der Waals surface area contributed by atoms with Crippen molar-refractivity contribution >= 4 is 22.4 Å². The number of carbonyl (C=O) groups excluding carboxylic acids is 1. The van der Waals surface area contributed by atoms with E-state index < -0.39 is 0 Å². The molecule has 0 aliphatic carbocycles. The molecule has 0 spiro atoms. The largest absolute Gasteiger partial charge is 0.466 e. The number of thiazole rings is 1. The highest BCUT2D eigenvalue weighted by Gasteiger charge is 2.10. The highest BCUT2D eigenvalue weighted by molar-refractivity contribution is 7.13. The molecule has 90 valence electrons. The molecule has 0 unspecified atom stereocenters. The van der Waals surface area contributed by atoms with E-state index in [1.807, 2.05) is 12.4 Å². The molecule has 1 aromatic rings. The lowest BCUT2D eigenvalue weighted by Gasteiger charge is -2.13. The fourth-order valence-corrected chi connectivity index (χ4v) is 2.16. The lowest BCUT2D eigenvalue weighted by atomic mass is 10.3. The second kappa shape index (κ2) is 6.48. The molecule has 1 heterocycles. The number of nitrogens with zero attached hydrogens (tertiary/aromatic N) is 2. The third-order valence-corrected chi connectivity index (χ3v) is 3.06. The maximum absolute atomic E-state index is 11.2. The van der Waals surface area contributed by atoms with Gasteiger partial charge in [-0.25, -0.2) is 4.98 Å². The first-order valence-electron chi connectivity index (χ1n) is 5.48. The predicted octanol–water partition coefficient (Wildman–Crippen LogP) is 2.09. The lowest BCUT2D eigenvalue weighted by molar-refractivity contribution is -0.142. The van der Waals surface area contributed by atoms with Crippen LogP contribution in [0.15, 0.2) is 5.38 Å². The van der Waals surface area contributed by atoms with E-state index in [0.29, 0.717) is 6.61 Å². The smallest absolute Gasteiger partial charge is 0.311 e. The van der Waals surface area contributed by atoms with Gasteiger partial charge in [-0.3, -0.25) is 4.79 Å². The summed E-state index contributed by atoms with van der Waals surface area (Å²) >= 11 is 1.56. The van der Waals surface area contributed by atoms with Gasteiger partial charge in [0.05, 0.1) is 18.7 Å². The summed E-state index contributed by atoms with van der Waals surface area (Å²) in [6, 6.07) is 0. The van der Waals surface area contributed by atoms with E-state index >= 15 is 0 Å². The van der Waals surface area contributed by atoms with Crippen LogP contribution in [-0.4, -0.2) is 31.2 Å². The Morgan fingerprint density at radius 3 is 2.94 bits per heavy atom. The highest BCUT2D eigenvalue weighted by Crippen LogP contribution is 2.19. The third kappa shape index (κ3) is 3.81. The van der Waals surface area contributed by atoms with Crippen LogP contribution in [0.5, 0.6) is 0 Å². The van der Waals surface area contributed by atoms with Crippen molar-refractivity contribution in [1.82, 2.24) is 4.98 Å². The van der Waals surface area contributed by atoms with E-state index in [9.17, 15) is 4.79 Å². The summed E-state index contributed by atoms with van der Waals surface area (Å²) in [6.45, 7) is 5.33. The first kappa shape index (κ1) is 13.0.